The summed E-state index contributed by atoms with van der Waals surface area (Å²) in [5, 5.41) is 2.89. The number of nitrogens with zero attached hydrogens (tertiary/aromatic N) is 1. The molecule has 0 aromatic heterocycles. The van der Waals surface area contributed by atoms with Crippen molar-refractivity contribution >= 4 is 11.6 Å². The number of rotatable bonds is 5. The first-order valence-corrected chi connectivity index (χ1v) is 8.18. The molecule has 2 aromatic carbocycles. The maximum Gasteiger partial charge on any atom is 0.241 e. The van der Waals surface area contributed by atoms with Crippen molar-refractivity contribution < 1.29 is 18.7 Å². The quantitative estimate of drug-likeness (QED) is 0.906. The Morgan fingerprint density at radius 3 is 2.56 bits per heavy atom. The summed E-state index contributed by atoms with van der Waals surface area (Å²) < 4.78 is 24.0. The van der Waals surface area contributed by atoms with Crippen molar-refractivity contribution in [2.24, 2.45) is 0 Å². The first kappa shape index (κ1) is 17.2. The molecule has 132 valence electrons. The zero-order valence-electron chi connectivity index (χ0n) is 14.3. The number of carbonyl (C=O) groups excluding carboxylic acids is 1. The van der Waals surface area contributed by atoms with Crippen LogP contribution in [0.25, 0.3) is 0 Å². The molecule has 1 amide bonds. The van der Waals surface area contributed by atoms with Crippen molar-refractivity contribution in [2.45, 2.75) is 19.5 Å². The normalized spacial score (nSPS) is 14.2. The molecule has 0 radical (unpaired) electrons. The molecular weight excluding hydrogens is 323 g/mol. The summed E-state index contributed by atoms with van der Waals surface area (Å²) in [7, 11) is 1.86. The SMILES string of the molecule is C[C@@H](C(=O)Nc1ccc2c(c1)OCCO2)N(C)Cc1ccc(F)cc1. The first-order chi connectivity index (χ1) is 12.0. The Kier molecular flexibility index (Phi) is 5.19. The third-order valence-electron chi connectivity index (χ3n) is 4.20. The van der Waals surface area contributed by atoms with E-state index in [1.165, 1.54) is 12.1 Å². The van der Waals surface area contributed by atoms with Crippen molar-refractivity contribution in [2.75, 3.05) is 25.6 Å². The lowest BCUT2D eigenvalue weighted by atomic mass is 10.2. The highest BCUT2D eigenvalue weighted by molar-refractivity contribution is 5.94. The molecule has 0 spiro atoms. The second-order valence-electron chi connectivity index (χ2n) is 6.07. The van der Waals surface area contributed by atoms with Gasteiger partial charge in [0.05, 0.1) is 6.04 Å². The molecule has 0 bridgehead atoms. The van der Waals surface area contributed by atoms with Crippen molar-refractivity contribution in [3.63, 3.8) is 0 Å². The number of fused-ring (bicyclic) bond motifs is 1. The molecule has 1 aliphatic rings. The number of benzene rings is 2. The minimum Gasteiger partial charge on any atom is -0.486 e. The molecule has 1 atom stereocenters. The van der Waals surface area contributed by atoms with Crippen LogP contribution in [0.3, 0.4) is 0 Å². The molecule has 5 nitrogen and oxygen atoms in total. The van der Waals surface area contributed by atoms with Crippen LogP contribution in [0, 0.1) is 5.82 Å². The third-order valence-corrected chi connectivity index (χ3v) is 4.20. The molecule has 6 heteroatoms. The van der Waals surface area contributed by atoms with Crippen molar-refractivity contribution in [3.8, 4) is 11.5 Å². The molecule has 0 saturated heterocycles. The molecule has 3 rings (SSSR count). The van der Waals surface area contributed by atoms with Gasteiger partial charge in [-0.25, -0.2) is 4.39 Å². The molecule has 1 heterocycles. The van der Waals surface area contributed by atoms with Crippen molar-refractivity contribution in [3.05, 3.63) is 53.8 Å². The smallest absolute Gasteiger partial charge is 0.241 e. The van der Waals surface area contributed by atoms with Crippen LogP contribution >= 0.6 is 0 Å². The summed E-state index contributed by atoms with van der Waals surface area (Å²) >= 11 is 0. The molecule has 0 aliphatic carbocycles. The van der Waals surface area contributed by atoms with Crippen LogP contribution in [-0.2, 0) is 11.3 Å². The lowest BCUT2D eigenvalue weighted by Crippen LogP contribution is -2.39. The van der Waals surface area contributed by atoms with Gasteiger partial charge in [-0.05, 0) is 43.8 Å². The number of ether oxygens (including phenoxy) is 2. The van der Waals surface area contributed by atoms with E-state index in [1.54, 1.807) is 30.3 Å². The Morgan fingerprint density at radius 1 is 1.16 bits per heavy atom. The van der Waals surface area contributed by atoms with Gasteiger partial charge in [0.1, 0.15) is 19.0 Å². The first-order valence-electron chi connectivity index (χ1n) is 8.18. The van der Waals surface area contributed by atoms with E-state index in [4.69, 9.17) is 9.47 Å². The molecule has 2 aromatic rings. The van der Waals surface area contributed by atoms with Crippen LogP contribution in [0.5, 0.6) is 11.5 Å². The molecule has 0 fully saturated rings. The summed E-state index contributed by atoms with van der Waals surface area (Å²) in [6, 6.07) is 11.3. The summed E-state index contributed by atoms with van der Waals surface area (Å²) in [4.78, 5) is 14.4. The zero-order valence-corrected chi connectivity index (χ0v) is 14.3. The summed E-state index contributed by atoms with van der Waals surface area (Å²) in [5.74, 6) is 0.930. The van der Waals surface area contributed by atoms with E-state index in [2.05, 4.69) is 5.32 Å². The second-order valence-corrected chi connectivity index (χ2v) is 6.07. The highest BCUT2D eigenvalue weighted by atomic mass is 19.1. The third kappa shape index (κ3) is 4.28. The fourth-order valence-corrected chi connectivity index (χ4v) is 2.58. The second kappa shape index (κ2) is 7.53. The van der Waals surface area contributed by atoms with Crippen molar-refractivity contribution in [1.29, 1.82) is 0 Å². The van der Waals surface area contributed by atoms with Gasteiger partial charge in [-0.1, -0.05) is 12.1 Å². The highest BCUT2D eigenvalue weighted by Gasteiger charge is 2.19. The van der Waals surface area contributed by atoms with Crippen LogP contribution < -0.4 is 14.8 Å². The van der Waals surface area contributed by atoms with Gasteiger partial charge in [-0.2, -0.15) is 0 Å². The van der Waals surface area contributed by atoms with Gasteiger partial charge in [-0.15, -0.1) is 0 Å². The molecule has 1 aliphatic heterocycles. The minimum absolute atomic E-state index is 0.124. The van der Waals surface area contributed by atoms with E-state index in [-0.39, 0.29) is 17.8 Å². The number of hydrogen-bond acceptors (Lipinski definition) is 4. The van der Waals surface area contributed by atoms with Crippen LogP contribution in [0.4, 0.5) is 10.1 Å². The Hall–Kier alpha value is -2.60. The Labute approximate surface area is 146 Å². The largest absolute Gasteiger partial charge is 0.486 e. The van der Waals surface area contributed by atoms with E-state index in [9.17, 15) is 9.18 Å². The number of nitrogens with one attached hydrogen (secondary N) is 1. The van der Waals surface area contributed by atoms with Gasteiger partial charge in [0.15, 0.2) is 11.5 Å². The lowest BCUT2D eigenvalue weighted by Gasteiger charge is -2.24. The Bertz CT molecular complexity index is 749. The summed E-state index contributed by atoms with van der Waals surface area (Å²) in [5.41, 5.74) is 1.61. The summed E-state index contributed by atoms with van der Waals surface area (Å²) in [6.45, 7) is 3.41. The molecule has 0 unspecified atom stereocenters. The van der Waals surface area contributed by atoms with E-state index in [0.29, 0.717) is 36.9 Å². The van der Waals surface area contributed by atoms with E-state index >= 15 is 0 Å². The van der Waals surface area contributed by atoms with Gasteiger partial charge < -0.3 is 14.8 Å². The number of anilines is 1. The van der Waals surface area contributed by atoms with Gasteiger partial charge in [0, 0.05) is 18.3 Å². The minimum atomic E-state index is -0.349. The number of hydrogen-bond donors (Lipinski definition) is 1. The van der Waals surface area contributed by atoms with Gasteiger partial charge >= 0.3 is 0 Å². The Morgan fingerprint density at radius 2 is 1.84 bits per heavy atom. The van der Waals surface area contributed by atoms with Crippen LogP contribution in [-0.4, -0.2) is 37.1 Å². The average Bonchev–Trinajstić information content (AvgIpc) is 2.62. The van der Waals surface area contributed by atoms with Gasteiger partial charge in [0.2, 0.25) is 5.91 Å². The molecular formula is C19H21FN2O3. The number of carbonyl (C=O) groups is 1. The number of amides is 1. The van der Waals surface area contributed by atoms with E-state index in [0.717, 1.165) is 5.56 Å². The lowest BCUT2D eigenvalue weighted by molar-refractivity contribution is -0.120. The van der Waals surface area contributed by atoms with Crippen LogP contribution in [0.1, 0.15) is 12.5 Å². The monoisotopic (exact) mass is 344 g/mol. The van der Waals surface area contributed by atoms with Crippen LogP contribution in [0.2, 0.25) is 0 Å². The topological polar surface area (TPSA) is 50.8 Å². The predicted molar refractivity (Wildman–Crippen MR) is 93.4 cm³/mol. The van der Waals surface area contributed by atoms with Crippen LogP contribution in [0.15, 0.2) is 42.5 Å². The average molecular weight is 344 g/mol. The fourth-order valence-electron chi connectivity index (χ4n) is 2.58. The predicted octanol–water partition coefficient (Wildman–Crippen LogP) is 3.06. The van der Waals surface area contributed by atoms with Gasteiger partial charge in [-0.3, -0.25) is 9.69 Å². The maximum absolute atomic E-state index is 13.0. The highest BCUT2D eigenvalue weighted by Crippen LogP contribution is 2.32. The molecule has 1 N–H and O–H groups in total. The maximum atomic E-state index is 13.0. The van der Waals surface area contributed by atoms with Crippen molar-refractivity contribution in [1.82, 2.24) is 4.90 Å². The molecule has 0 saturated carbocycles. The van der Waals surface area contributed by atoms with E-state index < -0.39 is 0 Å². The zero-order chi connectivity index (χ0) is 17.8. The van der Waals surface area contributed by atoms with Gasteiger partial charge in [0.25, 0.3) is 0 Å². The number of likely N-dealkylation sites (N-methyl/N-ethyl adjacent to an activating group) is 1. The standard InChI is InChI=1S/C19H21FN2O3/c1-13(22(2)12-14-3-5-15(20)6-4-14)19(23)21-16-7-8-17-18(11-16)25-10-9-24-17/h3-8,11,13H,9-10,12H2,1-2H3,(H,21,23)/t13-/m0/s1. The Balaban J connectivity index is 1.60. The van der Waals surface area contributed by atoms with E-state index in [1.807, 2.05) is 18.9 Å². The summed E-state index contributed by atoms with van der Waals surface area (Å²) in [6.07, 6.45) is 0. The number of halogens is 1. The molecule has 25 heavy (non-hydrogen) atoms. The fraction of sp³-hybridized carbons (Fsp3) is 0.316.